The van der Waals surface area contributed by atoms with Gasteiger partial charge in [0.05, 0.1) is 5.56 Å². The highest BCUT2D eigenvalue weighted by atomic mass is 16.5. The molecule has 0 amide bonds. The molecule has 0 heterocycles. The number of carbonyl (C=O) groups excluding carboxylic acids is 2. The number of benzene rings is 2. The standard InChI is InChI=1S/C20H18O3/c1-4-13(5-2)23-17-11-12(3)10-16-18(17)20(22)15-9-7-6-8-14(15)19(16)21/h4,6-11,13H,1,5H2,2-3H3. The van der Waals surface area contributed by atoms with Gasteiger partial charge in [0.1, 0.15) is 11.9 Å². The highest BCUT2D eigenvalue weighted by molar-refractivity contribution is 6.29. The van der Waals surface area contributed by atoms with Crippen LogP contribution in [0.4, 0.5) is 0 Å². The van der Waals surface area contributed by atoms with Gasteiger partial charge < -0.3 is 4.74 Å². The second-order valence-electron chi connectivity index (χ2n) is 5.69. The summed E-state index contributed by atoms with van der Waals surface area (Å²) in [5, 5.41) is 0. The summed E-state index contributed by atoms with van der Waals surface area (Å²) in [6.07, 6.45) is 2.25. The maximum Gasteiger partial charge on any atom is 0.198 e. The van der Waals surface area contributed by atoms with Gasteiger partial charge in [-0.2, -0.15) is 0 Å². The van der Waals surface area contributed by atoms with Gasteiger partial charge in [-0.25, -0.2) is 0 Å². The Labute approximate surface area is 135 Å². The van der Waals surface area contributed by atoms with E-state index in [1.807, 2.05) is 19.9 Å². The monoisotopic (exact) mass is 306 g/mol. The van der Waals surface area contributed by atoms with Crippen molar-refractivity contribution in [1.82, 2.24) is 0 Å². The Morgan fingerprint density at radius 3 is 2.35 bits per heavy atom. The molecule has 1 unspecified atom stereocenters. The van der Waals surface area contributed by atoms with Crippen molar-refractivity contribution >= 4 is 11.6 Å². The van der Waals surface area contributed by atoms with Crippen LogP contribution in [0.5, 0.6) is 5.75 Å². The van der Waals surface area contributed by atoms with Crippen molar-refractivity contribution in [3.8, 4) is 5.75 Å². The Hall–Kier alpha value is -2.68. The van der Waals surface area contributed by atoms with Gasteiger partial charge in [-0.05, 0) is 31.0 Å². The predicted octanol–water partition coefficient (Wildman–Crippen LogP) is 4.11. The van der Waals surface area contributed by atoms with Gasteiger partial charge in [0.2, 0.25) is 0 Å². The number of hydrogen-bond acceptors (Lipinski definition) is 3. The van der Waals surface area contributed by atoms with Crippen LogP contribution in [0.15, 0.2) is 49.1 Å². The molecule has 0 aromatic heterocycles. The molecule has 0 spiro atoms. The van der Waals surface area contributed by atoms with E-state index < -0.39 is 0 Å². The summed E-state index contributed by atoms with van der Waals surface area (Å²) in [5.74, 6) is 0.166. The summed E-state index contributed by atoms with van der Waals surface area (Å²) in [6, 6.07) is 10.5. The van der Waals surface area contributed by atoms with Gasteiger partial charge >= 0.3 is 0 Å². The van der Waals surface area contributed by atoms with Crippen molar-refractivity contribution in [3.05, 3.63) is 76.9 Å². The van der Waals surface area contributed by atoms with Crippen LogP contribution < -0.4 is 4.74 Å². The molecule has 3 nitrogen and oxygen atoms in total. The van der Waals surface area contributed by atoms with E-state index in [-0.39, 0.29) is 17.7 Å². The normalized spacial score (nSPS) is 14.0. The fourth-order valence-electron chi connectivity index (χ4n) is 2.88. The molecule has 3 heteroatoms. The van der Waals surface area contributed by atoms with Gasteiger partial charge in [-0.1, -0.05) is 43.8 Å². The van der Waals surface area contributed by atoms with E-state index in [0.29, 0.717) is 28.0 Å². The van der Waals surface area contributed by atoms with Crippen molar-refractivity contribution in [2.45, 2.75) is 26.4 Å². The Kier molecular flexibility index (Phi) is 3.87. The first-order valence-corrected chi connectivity index (χ1v) is 7.69. The van der Waals surface area contributed by atoms with Crippen LogP contribution in [0.1, 0.15) is 50.8 Å². The second-order valence-corrected chi connectivity index (χ2v) is 5.69. The first kappa shape index (κ1) is 15.2. The third kappa shape index (κ3) is 2.48. The SMILES string of the molecule is C=CC(CC)Oc1cc(C)cc2c1C(=O)c1ccccc1C2=O. The lowest BCUT2D eigenvalue weighted by Crippen LogP contribution is -2.23. The van der Waals surface area contributed by atoms with Crippen LogP contribution >= 0.6 is 0 Å². The molecule has 3 rings (SSSR count). The average Bonchev–Trinajstić information content (AvgIpc) is 2.57. The van der Waals surface area contributed by atoms with Crippen molar-refractivity contribution in [2.24, 2.45) is 0 Å². The molecule has 0 bridgehead atoms. The van der Waals surface area contributed by atoms with Crippen molar-refractivity contribution in [3.63, 3.8) is 0 Å². The maximum atomic E-state index is 12.9. The van der Waals surface area contributed by atoms with Crippen molar-refractivity contribution in [2.75, 3.05) is 0 Å². The maximum absolute atomic E-state index is 12.9. The van der Waals surface area contributed by atoms with E-state index in [1.165, 1.54) is 0 Å². The number of hydrogen-bond donors (Lipinski definition) is 0. The molecular formula is C20H18O3. The Morgan fingerprint density at radius 1 is 1.09 bits per heavy atom. The molecule has 0 radical (unpaired) electrons. The topological polar surface area (TPSA) is 43.4 Å². The minimum atomic E-state index is -0.194. The fourth-order valence-corrected chi connectivity index (χ4v) is 2.88. The summed E-state index contributed by atoms with van der Waals surface area (Å²) < 4.78 is 5.93. The zero-order chi connectivity index (χ0) is 16.6. The highest BCUT2D eigenvalue weighted by Gasteiger charge is 2.32. The van der Waals surface area contributed by atoms with Crippen molar-refractivity contribution in [1.29, 1.82) is 0 Å². The molecule has 0 N–H and O–H groups in total. The zero-order valence-corrected chi connectivity index (χ0v) is 13.3. The summed E-state index contributed by atoms with van der Waals surface area (Å²) in [4.78, 5) is 25.6. The van der Waals surface area contributed by atoms with E-state index in [0.717, 1.165) is 12.0 Å². The molecule has 0 saturated heterocycles. The number of aryl methyl sites for hydroxylation is 1. The quantitative estimate of drug-likeness (QED) is 0.681. The molecule has 0 aliphatic heterocycles. The largest absolute Gasteiger partial charge is 0.486 e. The van der Waals surface area contributed by atoms with Crippen LogP contribution in [0.3, 0.4) is 0 Å². The molecule has 1 atom stereocenters. The van der Waals surface area contributed by atoms with Gasteiger partial charge in [0, 0.05) is 16.7 Å². The molecule has 2 aromatic carbocycles. The molecular weight excluding hydrogens is 288 g/mol. The minimum absolute atomic E-state index is 0.129. The predicted molar refractivity (Wildman–Crippen MR) is 89.4 cm³/mol. The van der Waals surface area contributed by atoms with Crippen LogP contribution in [0, 0.1) is 6.92 Å². The smallest absolute Gasteiger partial charge is 0.198 e. The van der Waals surface area contributed by atoms with Crippen LogP contribution in [-0.2, 0) is 0 Å². The third-order valence-electron chi connectivity index (χ3n) is 4.08. The number of fused-ring (bicyclic) bond motifs is 2. The molecule has 0 saturated carbocycles. The average molecular weight is 306 g/mol. The van der Waals surface area contributed by atoms with E-state index in [1.54, 1.807) is 36.4 Å². The van der Waals surface area contributed by atoms with Crippen LogP contribution in [0.25, 0.3) is 0 Å². The summed E-state index contributed by atoms with van der Waals surface area (Å²) in [6.45, 7) is 7.63. The minimum Gasteiger partial charge on any atom is -0.486 e. The molecule has 2 aromatic rings. The lowest BCUT2D eigenvalue weighted by atomic mass is 9.83. The fraction of sp³-hybridized carbons (Fsp3) is 0.200. The zero-order valence-electron chi connectivity index (χ0n) is 13.3. The van der Waals surface area contributed by atoms with E-state index in [2.05, 4.69) is 6.58 Å². The van der Waals surface area contributed by atoms with Gasteiger partial charge in [0.15, 0.2) is 11.6 Å². The Morgan fingerprint density at radius 2 is 1.74 bits per heavy atom. The Balaban J connectivity index is 2.20. The van der Waals surface area contributed by atoms with E-state index in [4.69, 9.17) is 4.74 Å². The molecule has 116 valence electrons. The number of ether oxygens (including phenoxy) is 1. The summed E-state index contributed by atoms with van der Waals surface area (Å²) in [5.41, 5.74) is 2.56. The first-order valence-electron chi connectivity index (χ1n) is 7.69. The van der Waals surface area contributed by atoms with E-state index >= 15 is 0 Å². The lowest BCUT2D eigenvalue weighted by Gasteiger charge is -2.23. The number of ketones is 2. The third-order valence-corrected chi connectivity index (χ3v) is 4.08. The first-order chi connectivity index (χ1) is 11.1. The van der Waals surface area contributed by atoms with E-state index in [9.17, 15) is 9.59 Å². The number of rotatable bonds is 4. The molecule has 1 aliphatic rings. The van der Waals surface area contributed by atoms with Crippen LogP contribution in [0.2, 0.25) is 0 Å². The summed E-state index contributed by atoms with van der Waals surface area (Å²) in [7, 11) is 0. The van der Waals surface area contributed by atoms with Gasteiger partial charge in [-0.15, -0.1) is 0 Å². The second kappa shape index (κ2) is 5.84. The molecule has 23 heavy (non-hydrogen) atoms. The highest BCUT2D eigenvalue weighted by Crippen LogP contribution is 2.35. The number of carbonyl (C=O) groups is 2. The Bertz CT molecular complexity index is 818. The summed E-state index contributed by atoms with van der Waals surface area (Å²) >= 11 is 0. The molecule has 0 fully saturated rings. The van der Waals surface area contributed by atoms with Gasteiger partial charge in [-0.3, -0.25) is 9.59 Å². The lowest BCUT2D eigenvalue weighted by molar-refractivity contribution is 0.0974. The molecule has 1 aliphatic carbocycles. The van der Waals surface area contributed by atoms with Crippen molar-refractivity contribution < 1.29 is 14.3 Å². The van der Waals surface area contributed by atoms with Gasteiger partial charge in [0.25, 0.3) is 0 Å². The van der Waals surface area contributed by atoms with Crippen LogP contribution in [-0.4, -0.2) is 17.7 Å².